The molecule has 0 amide bonds. The fourth-order valence-electron chi connectivity index (χ4n) is 1.05. The van der Waals surface area contributed by atoms with E-state index >= 15 is 0 Å². The molecule has 0 nitrogen and oxygen atoms in total. The van der Waals surface area contributed by atoms with Crippen molar-refractivity contribution in [3.63, 3.8) is 0 Å². The molecule has 82 valence electrons. The van der Waals surface area contributed by atoms with Gasteiger partial charge in [-0.15, -0.1) is 11.6 Å². The van der Waals surface area contributed by atoms with Crippen molar-refractivity contribution >= 4 is 17.2 Å². The molecule has 0 atom stereocenters. The minimum atomic E-state index is -4.54. The van der Waals surface area contributed by atoms with E-state index in [4.69, 9.17) is 11.6 Å². The second kappa shape index (κ2) is 4.23. The number of benzene rings is 1. The van der Waals surface area contributed by atoms with Crippen LogP contribution in [0.5, 0.6) is 0 Å². The van der Waals surface area contributed by atoms with E-state index in [-0.39, 0.29) is 17.0 Å². The summed E-state index contributed by atoms with van der Waals surface area (Å²) >= 11 is 5.40. The second-order valence-corrected chi connectivity index (χ2v) is 3.20. The van der Waals surface area contributed by atoms with Crippen LogP contribution in [0.2, 0.25) is 0 Å². The van der Waals surface area contributed by atoms with Crippen molar-refractivity contribution in [3.8, 4) is 0 Å². The predicted molar refractivity (Wildman–Crippen MR) is 51.2 cm³/mol. The van der Waals surface area contributed by atoms with Gasteiger partial charge in [0.25, 0.3) is 0 Å². The Kier molecular flexibility index (Phi) is 3.39. The van der Waals surface area contributed by atoms with Crippen LogP contribution in [0.3, 0.4) is 0 Å². The highest BCUT2D eigenvalue weighted by atomic mass is 35.5. The van der Waals surface area contributed by atoms with Gasteiger partial charge in [0, 0.05) is 11.4 Å². The SMILES string of the molecule is C=C(CCl)c1ccc(C(F)(F)F)cc1F. The Bertz CT molecular complexity index is 381. The number of hydrogen-bond donors (Lipinski definition) is 0. The van der Waals surface area contributed by atoms with Crippen molar-refractivity contribution in [3.05, 3.63) is 41.7 Å². The predicted octanol–water partition coefficient (Wildman–Crippen LogP) is 4.10. The van der Waals surface area contributed by atoms with Crippen LogP contribution in [-0.2, 0) is 6.18 Å². The molecular formula is C10H7ClF4. The summed E-state index contributed by atoms with van der Waals surface area (Å²) in [6, 6.07) is 2.27. The molecule has 1 aromatic rings. The molecule has 0 unspecified atom stereocenters. The molecule has 1 rings (SSSR count). The van der Waals surface area contributed by atoms with Crippen molar-refractivity contribution in [1.29, 1.82) is 0 Å². The quantitative estimate of drug-likeness (QED) is 0.538. The average molecular weight is 239 g/mol. The number of rotatable bonds is 2. The maximum Gasteiger partial charge on any atom is 0.416 e. The highest BCUT2D eigenvalue weighted by Gasteiger charge is 2.31. The third-order valence-corrected chi connectivity index (χ3v) is 2.16. The first-order valence-electron chi connectivity index (χ1n) is 3.97. The molecule has 0 N–H and O–H groups in total. The molecule has 0 aliphatic heterocycles. The smallest absolute Gasteiger partial charge is 0.206 e. The Morgan fingerprint density at radius 2 is 1.93 bits per heavy atom. The van der Waals surface area contributed by atoms with Crippen molar-refractivity contribution in [1.82, 2.24) is 0 Å². The van der Waals surface area contributed by atoms with E-state index < -0.39 is 17.6 Å². The molecule has 0 aliphatic rings. The minimum Gasteiger partial charge on any atom is -0.206 e. The minimum absolute atomic E-state index is 0.0120. The van der Waals surface area contributed by atoms with Gasteiger partial charge in [-0.05, 0) is 17.7 Å². The van der Waals surface area contributed by atoms with Gasteiger partial charge in [-0.1, -0.05) is 12.6 Å². The van der Waals surface area contributed by atoms with Gasteiger partial charge in [-0.3, -0.25) is 0 Å². The molecule has 0 saturated heterocycles. The lowest BCUT2D eigenvalue weighted by Gasteiger charge is -2.09. The Morgan fingerprint density at radius 1 is 1.33 bits per heavy atom. The van der Waals surface area contributed by atoms with E-state index in [1.54, 1.807) is 0 Å². The van der Waals surface area contributed by atoms with Gasteiger partial charge < -0.3 is 0 Å². The standard InChI is InChI=1S/C10H7ClF4/c1-6(5-11)8-3-2-7(4-9(8)12)10(13,14)15/h2-4H,1,5H2. The first-order chi connectivity index (χ1) is 6.86. The van der Waals surface area contributed by atoms with Gasteiger partial charge >= 0.3 is 6.18 Å². The zero-order valence-corrected chi connectivity index (χ0v) is 8.29. The monoisotopic (exact) mass is 238 g/mol. The summed E-state index contributed by atoms with van der Waals surface area (Å²) < 4.78 is 49.7. The number of halogens is 5. The third-order valence-electron chi connectivity index (χ3n) is 1.84. The summed E-state index contributed by atoms with van der Waals surface area (Å²) in [5.41, 5.74) is -0.757. The summed E-state index contributed by atoms with van der Waals surface area (Å²) in [6.07, 6.45) is -4.54. The van der Waals surface area contributed by atoms with Gasteiger partial charge in [-0.25, -0.2) is 4.39 Å². The highest BCUT2D eigenvalue weighted by molar-refractivity contribution is 6.23. The molecule has 5 heteroatoms. The lowest BCUT2D eigenvalue weighted by molar-refractivity contribution is -0.137. The fourth-order valence-corrected chi connectivity index (χ4v) is 1.19. The largest absolute Gasteiger partial charge is 0.416 e. The lowest BCUT2D eigenvalue weighted by Crippen LogP contribution is -2.06. The topological polar surface area (TPSA) is 0 Å². The summed E-state index contributed by atoms with van der Waals surface area (Å²) in [5.74, 6) is -0.988. The average Bonchev–Trinajstić information content (AvgIpc) is 2.15. The van der Waals surface area contributed by atoms with E-state index in [1.807, 2.05) is 0 Å². The molecule has 0 bridgehead atoms. The fraction of sp³-hybridized carbons (Fsp3) is 0.200. The van der Waals surface area contributed by atoms with Crippen molar-refractivity contribution < 1.29 is 17.6 Å². The van der Waals surface area contributed by atoms with E-state index in [1.165, 1.54) is 0 Å². The van der Waals surface area contributed by atoms with Gasteiger partial charge in [-0.2, -0.15) is 13.2 Å². The Balaban J connectivity index is 3.15. The van der Waals surface area contributed by atoms with Gasteiger partial charge in [0.1, 0.15) is 5.82 Å². The van der Waals surface area contributed by atoms with Gasteiger partial charge in [0.2, 0.25) is 0 Å². The van der Waals surface area contributed by atoms with Crippen LogP contribution in [0.4, 0.5) is 17.6 Å². The van der Waals surface area contributed by atoms with Gasteiger partial charge in [0.15, 0.2) is 0 Å². The number of allylic oxidation sites excluding steroid dienone is 1. The Labute approximate surface area is 89.2 Å². The Hall–Kier alpha value is -1.03. The van der Waals surface area contributed by atoms with Gasteiger partial charge in [0.05, 0.1) is 5.56 Å². The molecule has 0 spiro atoms. The first kappa shape index (κ1) is 12.0. The van der Waals surface area contributed by atoms with Crippen LogP contribution in [0.25, 0.3) is 5.57 Å². The van der Waals surface area contributed by atoms with E-state index in [9.17, 15) is 17.6 Å². The van der Waals surface area contributed by atoms with Crippen LogP contribution in [0.1, 0.15) is 11.1 Å². The first-order valence-corrected chi connectivity index (χ1v) is 4.50. The van der Waals surface area contributed by atoms with Crippen LogP contribution in [0.15, 0.2) is 24.8 Å². The molecule has 15 heavy (non-hydrogen) atoms. The Morgan fingerprint density at radius 3 is 2.33 bits per heavy atom. The second-order valence-electron chi connectivity index (χ2n) is 2.93. The molecule has 0 radical (unpaired) electrons. The highest BCUT2D eigenvalue weighted by Crippen LogP contribution is 2.31. The third kappa shape index (κ3) is 2.72. The molecule has 0 fully saturated rings. The summed E-state index contributed by atoms with van der Waals surface area (Å²) in [6.45, 7) is 3.44. The lowest BCUT2D eigenvalue weighted by atomic mass is 10.1. The zero-order valence-electron chi connectivity index (χ0n) is 7.54. The molecule has 0 aromatic heterocycles. The van der Waals surface area contributed by atoms with E-state index in [0.717, 1.165) is 12.1 Å². The normalized spacial score (nSPS) is 11.5. The maximum absolute atomic E-state index is 13.2. The van der Waals surface area contributed by atoms with E-state index in [2.05, 4.69) is 6.58 Å². The van der Waals surface area contributed by atoms with Crippen LogP contribution < -0.4 is 0 Å². The van der Waals surface area contributed by atoms with Crippen molar-refractivity contribution in [2.75, 3.05) is 5.88 Å². The number of alkyl halides is 4. The molecule has 0 saturated carbocycles. The molecule has 1 aromatic carbocycles. The van der Waals surface area contributed by atoms with Crippen molar-refractivity contribution in [2.24, 2.45) is 0 Å². The van der Waals surface area contributed by atoms with E-state index in [0.29, 0.717) is 6.07 Å². The number of hydrogen-bond acceptors (Lipinski definition) is 0. The summed E-state index contributed by atoms with van der Waals surface area (Å²) in [7, 11) is 0. The van der Waals surface area contributed by atoms with Crippen LogP contribution >= 0.6 is 11.6 Å². The molecular weight excluding hydrogens is 232 g/mol. The zero-order chi connectivity index (χ0) is 11.6. The summed E-state index contributed by atoms with van der Waals surface area (Å²) in [4.78, 5) is 0. The summed E-state index contributed by atoms with van der Waals surface area (Å²) in [5, 5.41) is 0. The maximum atomic E-state index is 13.2. The molecule has 0 heterocycles. The van der Waals surface area contributed by atoms with Crippen LogP contribution in [-0.4, -0.2) is 5.88 Å². The molecule has 0 aliphatic carbocycles. The van der Waals surface area contributed by atoms with Crippen molar-refractivity contribution in [2.45, 2.75) is 6.18 Å². The van der Waals surface area contributed by atoms with Crippen LogP contribution in [0, 0.1) is 5.82 Å².